The summed E-state index contributed by atoms with van der Waals surface area (Å²) in [6.45, 7) is 1.95. The van der Waals surface area contributed by atoms with Gasteiger partial charge in [0.05, 0.1) is 12.3 Å². The molecule has 0 aliphatic carbocycles. The number of fused-ring (bicyclic) bond motifs is 1. The number of nitrogens with zero attached hydrogens (tertiary/aromatic N) is 3. The molecule has 0 radical (unpaired) electrons. The molecule has 1 unspecified atom stereocenters. The largest absolute Gasteiger partial charge is 0.489 e. The maximum atomic E-state index is 6.48. The van der Waals surface area contributed by atoms with Gasteiger partial charge in [-0.3, -0.25) is 4.40 Å². The molecule has 146 valence electrons. The Morgan fingerprint density at radius 1 is 1.14 bits per heavy atom. The Hall–Kier alpha value is -2.89. The number of aromatic nitrogens is 3. The van der Waals surface area contributed by atoms with Crippen LogP contribution in [-0.4, -0.2) is 27.6 Å². The van der Waals surface area contributed by atoms with Gasteiger partial charge in [-0.05, 0) is 24.1 Å². The fraction of sp³-hybridized carbons (Fsp3) is 0.217. The zero-order chi connectivity index (χ0) is 19.6. The van der Waals surface area contributed by atoms with Crippen LogP contribution in [0.3, 0.4) is 0 Å². The van der Waals surface area contributed by atoms with E-state index >= 15 is 0 Å². The molecule has 6 heteroatoms. The van der Waals surface area contributed by atoms with Crippen molar-refractivity contribution in [3.8, 4) is 17.0 Å². The van der Waals surface area contributed by atoms with Crippen LogP contribution in [0.5, 0.6) is 5.75 Å². The monoisotopic (exact) mass is 405 g/mol. The molecule has 0 N–H and O–H groups in total. The second-order valence-electron chi connectivity index (χ2n) is 7.12. The molecule has 5 nitrogen and oxygen atoms in total. The lowest BCUT2D eigenvalue weighted by Gasteiger charge is -2.08. The molecule has 2 aromatic carbocycles. The second kappa shape index (κ2) is 7.85. The molecule has 0 bridgehead atoms. The molecule has 4 aromatic rings. The lowest BCUT2D eigenvalue weighted by molar-refractivity contribution is 0.193. The topological polar surface area (TPSA) is 48.7 Å². The first-order valence-corrected chi connectivity index (χ1v) is 10.0. The summed E-state index contributed by atoms with van der Waals surface area (Å²) in [5.41, 5.74) is 3.71. The highest BCUT2D eigenvalue weighted by Crippen LogP contribution is 2.35. The van der Waals surface area contributed by atoms with E-state index in [-0.39, 0.29) is 5.92 Å². The van der Waals surface area contributed by atoms with Crippen LogP contribution >= 0.6 is 11.6 Å². The summed E-state index contributed by atoms with van der Waals surface area (Å²) in [4.78, 5) is 9.24. The highest BCUT2D eigenvalue weighted by Gasteiger charge is 2.25. The molecule has 0 amide bonds. The molecule has 5 rings (SSSR count). The first-order valence-electron chi connectivity index (χ1n) is 9.67. The predicted molar refractivity (Wildman–Crippen MR) is 112 cm³/mol. The zero-order valence-electron chi connectivity index (χ0n) is 15.8. The van der Waals surface area contributed by atoms with Gasteiger partial charge in [0, 0.05) is 30.5 Å². The summed E-state index contributed by atoms with van der Waals surface area (Å²) >= 11 is 6.48. The van der Waals surface area contributed by atoms with Gasteiger partial charge < -0.3 is 9.47 Å². The molecule has 0 spiro atoms. The normalized spacial score (nSPS) is 16.4. The minimum absolute atomic E-state index is 0.257. The SMILES string of the molecule is Clc1nccn2c(C3CCOC3)nc(-c3cccc(OCc4ccccc4)c3)c12. The fourth-order valence-electron chi connectivity index (χ4n) is 3.73. The van der Waals surface area contributed by atoms with E-state index in [2.05, 4.69) is 4.98 Å². The minimum Gasteiger partial charge on any atom is -0.489 e. The minimum atomic E-state index is 0.257. The van der Waals surface area contributed by atoms with Crippen LogP contribution in [0.25, 0.3) is 16.8 Å². The number of ether oxygens (including phenoxy) is 2. The number of halogens is 1. The van der Waals surface area contributed by atoms with Crippen LogP contribution in [0.1, 0.15) is 23.7 Å². The van der Waals surface area contributed by atoms with Gasteiger partial charge in [0.25, 0.3) is 0 Å². The molecule has 1 aliphatic heterocycles. The third kappa shape index (κ3) is 3.59. The van der Waals surface area contributed by atoms with Gasteiger partial charge in [-0.15, -0.1) is 0 Å². The molecule has 0 saturated carbocycles. The van der Waals surface area contributed by atoms with Crippen LogP contribution in [0.2, 0.25) is 5.15 Å². The van der Waals surface area contributed by atoms with E-state index in [4.69, 9.17) is 26.1 Å². The van der Waals surface area contributed by atoms with Gasteiger partial charge in [0.15, 0.2) is 5.15 Å². The smallest absolute Gasteiger partial charge is 0.155 e. The summed E-state index contributed by atoms with van der Waals surface area (Å²) in [7, 11) is 0. The molecule has 2 aromatic heterocycles. The molecule has 3 heterocycles. The predicted octanol–water partition coefficient (Wildman–Crippen LogP) is 5.13. The van der Waals surface area contributed by atoms with Gasteiger partial charge in [-0.2, -0.15) is 0 Å². The third-order valence-electron chi connectivity index (χ3n) is 5.19. The Morgan fingerprint density at radius 3 is 2.86 bits per heavy atom. The van der Waals surface area contributed by atoms with E-state index < -0.39 is 0 Å². The van der Waals surface area contributed by atoms with Gasteiger partial charge in [0.1, 0.15) is 23.7 Å². The number of hydrogen-bond donors (Lipinski definition) is 0. The number of imidazole rings is 1. The molecule has 1 fully saturated rings. The highest BCUT2D eigenvalue weighted by atomic mass is 35.5. The van der Waals surface area contributed by atoms with Crippen molar-refractivity contribution in [2.45, 2.75) is 18.9 Å². The Balaban J connectivity index is 1.52. The van der Waals surface area contributed by atoms with Gasteiger partial charge in [-0.25, -0.2) is 9.97 Å². The van der Waals surface area contributed by atoms with Crippen LogP contribution in [0.15, 0.2) is 67.0 Å². The molecule has 29 heavy (non-hydrogen) atoms. The van der Waals surface area contributed by atoms with E-state index in [1.165, 1.54) is 0 Å². The second-order valence-corrected chi connectivity index (χ2v) is 7.48. The number of hydrogen-bond acceptors (Lipinski definition) is 4. The summed E-state index contributed by atoms with van der Waals surface area (Å²) < 4.78 is 13.6. The lowest BCUT2D eigenvalue weighted by atomic mass is 10.1. The van der Waals surface area contributed by atoms with Crippen molar-refractivity contribution in [1.29, 1.82) is 0 Å². The summed E-state index contributed by atoms with van der Waals surface area (Å²) in [5.74, 6) is 2.01. The Kier molecular flexibility index (Phi) is 4.92. The quantitative estimate of drug-likeness (QED) is 0.461. The number of rotatable bonds is 5. The van der Waals surface area contributed by atoms with Crippen LogP contribution in [0.4, 0.5) is 0 Å². The zero-order valence-corrected chi connectivity index (χ0v) is 16.5. The average molecular weight is 406 g/mol. The molecular weight excluding hydrogens is 386 g/mol. The van der Waals surface area contributed by atoms with Crippen molar-refractivity contribution in [3.63, 3.8) is 0 Å². The van der Waals surface area contributed by atoms with Gasteiger partial charge in [-0.1, -0.05) is 54.1 Å². The lowest BCUT2D eigenvalue weighted by Crippen LogP contribution is -2.03. The van der Waals surface area contributed by atoms with Crippen molar-refractivity contribution in [2.75, 3.05) is 13.2 Å². The standard InChI is InChI=1S/C23H20ClN3O2/c24-22-21-20(26-23(18-9-12-28-15-18)27(21)11-10-25-22)17-7-4-8-19(13-17)29-14-16-5-2-1-3-6-16/h1-8,10-11,13,18H,9,12,14-15H2. The van der Waals surface area contributed by atoms with Crippen molar-refractivity contribution in [2.24, 2.45) is 0 Å². The van der Waals surface area contributed by atoms with Crippen LogP contribution < -0.4 is 4.74 Å². The summed E-state index contributed by atoms with van der Waals surface area (Å²) in [5, 5.41) is 0.441. The Labute approximate surface area is 173 Å². The van der Waals surface area contributed by atoms with Crippen molar-refractivity contribution in [3.05, 3.63) is 83.5 Å². The van der Waals surface area contributed by atoms with Crippen molar-refractivity contribution < 1.29 is 9.47 Å². The summed E-state index contributed by atoms with van der Waals surface area (Å²) in [6, 6.07) is 18.1. The first-order chi connectivity index (χ1) is 14.3. The third-order valence-corrected chi connectivity index (χ3v) is 5.46. The maximum absolute atomic E-state index is 6.48. The first kappa shape index (κ1) is 18.2. The molecule has 1 aliphatic rings. The van der Waals surface area contributed by atoms with Crippen molar-refractivity contribution in [1.82, 2.24) is 14.4 Å². The summed E-state index contributed by atoms with van der Waals surface area (Å²) in [6.07, 6.45) is 4.58. The Morgan fingerprint density at radius 2 is 2.03 bits per heavy atom. The van der Waals surface area contributed by atoms with E-state index in [1.54, 1.807) is 6.20 Å². The van der Waals surface area contributed by atoms with Crippen LogP contribution in [0, 0.1) is 0 Å². The van der Waals surface area contributed by atoms with E-state index in [9.17, 15) is 0 Å². The fourth-order valence-corrected chi connectivity index (χ4v) is 3.96. The maximum Gasteiger partial charge on any atom is 0.155 e. The molecule has 1 atom stereocenters. The van der Waals surface area contributed by atoms with E-state index in [0.717, 1.165) is 46.9 Å². The Bertz CT molecular complexity index is 1140. The molecule has 1 saturated heterocycles. The van der Waals surface area contributed by atoms with Gasteiger partial charge >= 0.3 is 0 Å². The average Bonchev–Trinajstić information content (AvgIpc) is 3.42. The molecular formula is C23H20ClN3O2. The van der Waals surface area contributed by atoms with Crippen LogP contribution in [-0.2, 0) is 11.3 Å². The highest BCUT2D eigenvalue weighted by molar-refractivity contribution is 6.33. The van der Waals surface area contributed by atoms with Gasteiger partial charge in [0.2, 0.25) is 0 Å². The number of benzene rings is 2. The van der Waals surface area contributed by atoms with Crippen molar-refractivity contribution >= 4 is 17.1 Å². The van der Waals surface area contributed by atoms with E-state index in [1.807, 2.05) is 65.2 Å². The van der Waals surface area contributed by atoms with E-state index in [0.29, 0.717) is 18.4 Å².